The van der Waals surface area contributed by atoms with Crippen molar-refractivity contribution in [2.45, 2.75) is 36.9 Å². The van der Waals surface area contributed by atoms with Gasteiger partial charge in [-0.25, -0.2) is 13.1 Å². The zero-order chi connectivity index (χ0) is 22.4. The number of aryl methyl sites for hydroxylation is 2. The van der Waals surface area contributed by atoms with E-state index >= 15 is 0 Å². The Morgan fingerprint density at radius 3 is 2.48 bits per heavy atom. The molecule has 0 radical (unpaired) electrons. The molecule has 0 fully saturated rings. The number of ether oxygens (including phenoxy) is 1. The van der Waals surface area contributed by atoms with E-state index in [9.17, 15) is 21.6 Å². The van der Waals surface area contributed by atoms with Gasteiger partial charge >= 0.3 is 6.18 Å². The molecule has 0 N–H and O–H groups in total. The molecule has 0 bridgehead atoms. The van der Waals surface area contributed by atoms with E-state index in [1.54, 1.807) is 6.07 Å². The molecule has 164 valence electrons. The van der Waals surface area contributed by atoms with Gasteiger partial charge < -0.3 is 4.74 Å². The lowest BCUT2D eigenvalue weighted by Gasteiger charge is -2.13. The van der Waals surface area contributed by atoms with Gasteiger partial charge in [0.2, 0.25) is 0 Å². The lowest BCUT2D eigenvalue weighted by atomic mass is 10.0. The molecular formula is C22H21F3N2O3S. The minimum Gasteiger partial charge on any atom is -0.380 e. The third-order valence-corrected chi connectivity index (χ3v) is 6.58. The van der Waals surface area contributed by atoms with E-state index in [2.05, 4.69) is 5.10 Å². The molecule has 3 aromatic rings. The van der Waals surface area contributed by atoms with E-state index in [1.165, 1.54) is 35.6 Å². The van der Waals surface area contributed by atoms with E-state index in [4.69, 9.17) is 4.74 Å². The number of alkyl halides is 3. The van der Waals surface area contributed by atoms with E-state index in [0.717, 1.165) is 37.1 Å². The average molecular weight is 450 g/mol. The van der Waals surface area contributed by atoms with Crippen LogP contribution in [-0.2, 0) is 40.2 Å². The third kappa shape index (κ3) is 4.24. The second-order valence-corrected chi connectivity index (χ2v) is 9.64. The van der Waals surface area contributed by atoms with E-state index in [0.29, 0.717) is 16.8 Å². The van der Waals surface area contributed by atoms with E-state index in [-0.39, 0.29) is 17.2 Å². The molecule has 31 heavy (non-hydrogen) atoms. The van der Waals surface area contributed by atoms with Gasteiger partial charge in [0.25, 0.3) is 0 Å². The highest BCUT2D eigenvalue weighted by Crippen LogP contribution is 2.35. The Kier molecular flexibility index (Phi) is 5.43. The lowest BCUT2D eigenvalue weighted by molar-refractivity contribution is -0.141. The largest absolute Gasteiger partial charge is 0.435 e. The van der Waals surface area contributed by atoms with Crippen LogP contribution in [0.4, 0.5) is 13.2 Å². The molecule has 1 aliphatic rings. The molecule has 0 spiro atoms. The first kappa shape index (κ1) is 21.6. The molecule has 5 nitrogen and oxygen atoms in total. The quantitative estimate of drug-likeness (QED) is 0.570. The molecular weight excluding hydrogens is 429 g/mol. The van der Waals surface area contributed by atoms with Crippen molar-refractivity contribution in [2.75, 3.05) is 13.4 Å². The third-order valence-electron chi connectivity index (χ3n) is 5.38. The molecule has 1 heterocycles. The summed E-state index contributed by atoms with van der Waals surface area (Å²) in [5.41, 5.74) is 2.93. The second kappa shape index (κ2) is 7.80. The van der Waals surface area contributed by atoms with Crippen molar-refractivity contribution in [1.29, 1.82) is 0 Å². The lowest BCUT2D eigenvalue weighted by Crippen LogP contribution is -2.09. The van der Waals surface area contributed by atoms with Crippen LogP contribution in [0.5, 0.6) is 0 Å². The highest BCUT2D eigenvalue weighted by molar-refractivity contribution is 7.90. The minimum atomic E-state index is -4.61. The first-order valence-electron chi connectivity index (χ1n) is 9.69. The fraction of sp³-hybridized carbons (Fsp3) is 0.318. The van der Waals surface area contributed by atoms with Gasteiger partial charge in [-0.05, 0) is 66.3 Å². The van der Waals surface area contributed by atoms with Crippen LogP contribution in [-0.4, -0.2) is 31.6 Å². The molecule has 0 saturated carbocycles. The topological polar surface area (TPSA) is 61.2 Å². The zero-order valence-electron chi connectivity index (χ0n) is 17.0. The maximum Gasteiger partial charge on any atom is 0.435 e. The van der Waals surface area contributed by atoms with Gasteiger partial charge in [0.15, 0.2) is 15.5 Å². The molecule has 0 atom stereocenters. The summed E-state index contributed by atoms with van der Waals surface area (Å²) in [5.74, 6) is 0. The number of halogens is 3. The number of rotatable bonds is 5. The number of hydrogen-bond donors (Lipinski definition) is 0. The van der Waals surface area contributed by atoms with Crippen LogP contribution < -0.4 is 0 Å². The van der Waals surface area contributed by atoms with Crippen LogP contribution in [0.1, 0.15) is 28.8 Å². The smallest absolute Gasteiger partial charge is 0.380 e. The fourth-order valence-electron chi connectivity index (χ4n) is 3.98. The van der Waals surface area contributed by atoms with Crippen molar-refractivity contribution < 1.29 is 26.3 Å². The predicted molar refractivity (Wildman–Crippen MR) is 110 cm³/mol. The maximum absolute atomic E-state index is 13.5. The van der Waals surface area contributed by atoms with Gasteiger partial charge in [-0.1, -0.05) is 12.1 Å². The maximum atomic E-state index is 13.5. The Morgan fingerprint density at radius 1 is 1.06 bits per heavy atom. The van der Waals surface area contributed by atoms with Crippen molar-refractivity contribution in [3.05, 3.63) is 64.8 Å². The first-order valence-corrected chi connectivity index (χ1v) is 11.6. The summed E-state index contributed by atoms with van der Waals surface area (Å²) < 4.78 is 70.9. The van der Waals surface area contributed by atoms with Crippen molar-refractivity contribution in [2.24, 2.45) is 0 Å². The Balaban J connectivity index is 1.90. The highest BCUT2D eigenvalue weighted by Gasteiger charge is 2.35. The van der Waals surface area contributed by atoms with Gasteiger partial charge in [-0.2, -0.15) is 18.3 Å². The van der Waals surface area contributed by atoms with Crippen molar-refractivity contribution in [3.8, 4) is 16.9 Å². The Morgan fingerprint density at radius 2 is 1.81 bits per heavy atom. The van der Waals surface area contributed by atoms with Crippen LogP contribution in [0.15, 0.2) is 47.4 Å². The standard InChI is InChI=1S/C22H21F3N2O3S/c1-30-13-17-11-18(8-9-20(17)31(2,28)29)27-19(12-21(26-27)22(23,24)25)16-7-6-14-4-3-5-15(14)10-16/h6-12H,3-5,13H2,1-2H3. The Bertz CT molecular complexity index is 1250. The van der Waals surface area contributed by atoms with E-state index < -0.39 is 21.7 Å². The molecule has 0 unspecified atom stereocenters. The summed E-state index contributed by atoms with van der Waals surface area (Å²) in [5, 5.41) is 3.82. The predicted octanol–water partition coefficient (Wildman–Crippen LogP) is 4.60. The summed E-state index contributed by atoms with van der Waals surface area (Å²) in [7, 11) is -2.11. The van der Waals surface area contributed by atoms with Crippen molar-refractivity contribution in [3.63, 3.8) is 0 Å². The fourth-order valence-corrected chi connectivity index (χ4v) is 4.89. The summed E-state index contributed by atoms with van der Waals surface area (Å²) in [6.45, 7) is -0.00216. The summed E-state index contributed by atoms with van der Waals surface area (Å²) in [6, 6.07) is 11.0. The van der Waals surface area contributed by atoms with Gasteiger partial charge in [-0.3, -0.25) is 0 Å². The number of nitrogens with zero attached hydrogens (tertiary/aromatic N) is 2. The van der Waals surface area contributed by atoms with Crippen LogP contribution in [0.25, 0.3) is 16.9 Å². The molecule has 0 amide bonds. The highest BCUT2D eigenvalue weighted by atomic mass is 32.2. The van der Waals surface area contributed by atoms with E-state index in [1.807, 2.05) is 12.1 Å². The summed E-state index contributed by atoms with van der Waals surface area (Å²) in [6.07, 6.45) is -0.648. The van der Waals surface area contributed by atoms with Gasteiger partial charge in [0, 0.05) is 18.9 Å². The molecule has 1 aliphatic carbocycles. The monoisotopic (exact) mass is 450 g/mol. The van der Waals surface area contributed by atoms with Gasteiger partial charge in [0.05, 0.1) is 22.9 Å². The Labute approximate surface area is 178 Å². The van der Waals surface area contributed by atoms with Crippen molar-refractivity contribution in [1.82, 2.24) is 9.78 Å². The van der Waals surface area contributed by atoms with Crippen LogP contribution in [0, 0.1) is 0 Å². The molecule has 1 aromatic heterocycles. The number of methoxy groups -OCH3 is 1. The van der Waals surface area contributed by atoms with Crippen LogP contribution >= 0.6 is 0 Å². The number of sulfone groups is 1. The van der Waals surface area contributed by atoms with Crippen LogP contribution in [0.2, 0.25) is 0 Å². The first-order chi connectivity index (χ1) is 14.6. The van der Waals surface area contributed by atoms with Crippen LogP contribution in [0.3, 0.4) is 0 Å². The molecule has 4 rings (SSSR count). The number of fused-ring (bicyclic) bond motifs is 1. The molecule has 0 aliphatic heterocycles. The normalized spacial score (nSPS) is 14.1. The SMILES string of the molecule is COCc1cc(-n2nc(C(F)(F)F)cc2-c2ccc3c(c2)CCC3)ccc1S(C)(=O)=O. The molecule has 0 saturated heterocycles. The van der Waals surface area contributed by atoms with Gasteiger partial charge in [-0.15, -0.1) is 0 Å². The molecule has 9 heteroatoms. The summed E-state index contributed by atoms with van der Waals surface area (Å²) in [4.78, 5) is 0.0698. The van der Waals surface area contributed by atoms with Gasteiger partial charge in [0.1, 0.15) is 0 Å². The number of hydrogen-bond acceptors (Lipinski definition) is 4. The molecule has 2 aromatic carbocycles. The Hall–Kier alpha value is -2.65. The number of benzene rings is 2. The average Bonchev–Trinajstić information content (AvgIpc) is 3.33. The minimum absolute atomic E-state index is 0.00216. The summed E-state index contributed by atoms with van der Waals surface area (Å²) >= 11 is 0. The second-order valence-electron chi connectivity index (χ2n) is 7.66. The number of aromatic nitrogens is 2. The zero-order valence-corrected chi connectivity index (χ0v) is 17.8. The van der Waals surface area contributed by atoms with Crippen molar-refractivity contribution >= 4 is 9.84 Å².